The predicted molar refractivity (Wildman–Crippen MR) is 90.7 cm³/mol. The van der Waals surface area contributed by atoms with E-state index in [1.54, 1.807) is 0 Å². The molecule has 0 spiro atoms. The van der Waals surface area contributed by atoms with Crippen molar-refractivity contribution >= 4 is 33.5 Å². The second-order valence-electron chi connectivity index (χ2n) is 5.23. The van der Waals surface area contributed by atoms with E-state index in [2.05, 4.69) is 26.0 Å². The van der Waals surface area contributed by atoms with Gasteiger partial charge < -0.3 is 14.8 Å². The number of carbonyl (C=O) groups is 2. The molecule has 0 fully saturated rings. The molecule has 1 N–H and O–H groups in total. The van der Waals surface area contributed by atoms with Gasteiger partial charge in [-0.2, -0.15) is 0 Å². The minimum atomic E-state index is -4.82. The fraction of sp³-hybridized carbons (Fsp3) is 0.176. The Kier molecular flexibility index (Phi) is 6.42. The maximum Gasteiger partial charge on any atom is 0.573 e. The first kappa shape index (κ1) is 20.7. The molecule has 1 atom stereocenters. The van der Waals surface area contributed by atoms with Gasteiger partial charge in [0.05, 0.1) is 5.56 Å². The first-order chi connectivity index (χ1) is 12.5. The molecule has 0 radical (unpaired) electrons. The lowest BCUT2D eigenvalue weighted by molar-refractivity contribution is -0.274. The van der Waals surface area contributed by atoms with E-state index in [0.29, 0.717) is 4.47 Å². The molecule has 1 amide bonds. The number of hydrogen-bond acceptors (Lipinski definition) is 4. The molecule has 0 heterocycles. The van der Waals surface area contributed by atoms with Gasteiger partial charge in [-0.1, -0.05) is 15.9 Å². The molecule has 2 aromatic carbocycles. The molecule has 0 aliphatic heterocycles. The Balaban J connectivity index is 1.97. The van der Waals surface area contributed by atoms with Gasteiger partial charge in [0.1, 0.15) is 11.6 Å². The maximum absolute atomic E-state index is 13.7. The van der Waals surface area contributed by atoms with Crippen LogP contribution in [0.4, 0.5) is 23.2 Å². The highest BCUT2D eigenvalue weighted by Gasteiger charge is 2.31. The van der Waals surface area contributed by atoms with Crippen molar-refractivity contribution in [2.45, 2.75) is 19.4 Å². The van der Waals surface area contributed by atoms with E-state index in [1.165, 1.54) is 31.2 Å². The van der Waals surface area contributed by atoms with Gasteiger partial charge in [-0.3, -0.25) is 4.79 Å². The van der Waals surface area contributed by atoms with Crippen LogP contribution < -0.4 is 10.1 Å². The molecule has 27 heavy (non-hydrogen) atoms. The average molecular weight is 450 g/mol. The molecule has 0 bridgehead atoms. The van der Waals surface area contributed by atoms with Gasteiger partial charge in [-0.05, 0) is 49.4 Å². The second kappa shape index (κ2) is 8.38. The Morgan fingerprint density at radius 1 is 1.11 bits per heavy atom. The SMILES string of the molecule is CC(OC(=O)c1cc(Br)ccc1F)C(=O)Nc1ccc(OC(F)(F)F)cc1. The van der Waals surface area contributed by atoms with Crippen molar-refractivity contribution in [2.24, 2.45) is 0 Å². The highest BCUT2D eigenvalue weighted by Crippen LogP contribution is 2.24. The van der Waals surface area contributed by atoms with Crippen LogP contribution in [-0.4, -0.2) is 24.3 Å². The zero-order valence-corrected chi connectivity index (χ0v) is 15.2. The summed E-state index contributed by atoms with van der Waals surface area (Å²) in [6, 6.07) is 8.06. The normalized spacial score (nSPS) is 12.2. The van der Waals surface area contributed by atoms with Crippen LogP contribution in [0.25, 0.3) is 0 Å². The lowest BCUT2D eigenvalue weighted by Crippen LogP contribution is -2.30. The van der Waals surface area contributed by atoms with Crippen LogP contribution in [0.1, 0.15) is 17.3 Å². The molecule has 2 aromatic rings. The van der Waals surface area contributed by atoms with Crippen LogP contribution in [-0.2, 0) is 9.53 Å². The van der Waals surface area contributed by atoms with Crippen LogP contribution in [0, 0.1) is 5.82 Å². The molecule has 10 heteroatoms. The Labute approximate surface area is 159 Å². The molecular formula is C17H12BrF4NO4. The van der Waals surface area contributed by atoms with Crippen LogP contribution in [0.5, 0.6) is 5.75 Å². The van der Waals surface area contributed by atoms with Crippen molar-refractivity contribution in [1.82, 2.24) is 0 Å². The summed E-state index contributed by atoms with van der Waals surface area (Å²) in [5.41, 5.74) is -0.191. The summed E-state index contributed by atoms with van der Waals surface area (Å²) >= 11 is 3.09. The maximum atomic E-state index is 13.7. The van der Waals surface area contributed by atoms with Crippen molar-refractivity contribution in [1.29, 1.82) is 0 Å². The first-order valence-corrected chi connectivity index (χ1v) is 8.17. The lowest BCUT2D eigenvalue weighted by atomic mass is 10.2. The second-order valence-corrected chi connectivity index (χ2v) is 6.15. The van der Waals surface area contributed by atoms with E-state index < -0.39 is 35.9 Å². The minimum absolute atomic E-state index is 0.158. The molecule has 0 saturated heterocycles. The van der Waals surface area contributed by atoms with Crippen molar-refractivity contribution < 1.29 is 36.6 Å². The molecule has 0 aliphatic carbocycles. The first-order valence-electron chi connectivity index (χ1n) is 7.38. The van der Waals surface area contributed by atoms with E-state index in [1.807, 2.05) is 0 Å². The number of benzene rings is 2. The molecule has 5 nitrogen and oxygen atoms in total. The van der Waals surface area contributed by atoms with Crippen LogP contribution >= 0.6 is 15.9 Å². The average Bonchev–Trinajstić information content (AvgIpc) is 2.57. The van der Waals surface area contributed by atoms with E-state index in [0.717, 1.165) is 18.2 Å². The van der Waals surface area contributed by atoms with E-state index in [-0.39, 0.29) is 11.3 Å². The number of carbonyl (C=O) groups excluding carboxylic acids is 2. The molecule has 144 valence electrons. The standard InChI is InChI=1S/C17H12BrF4NO4/c1-9(26-16(25)13-8-10(18)2-7-14(13)19)15(24)23-11-3-5-12(6-4-11)27-17(20,21)22/h2-9H,1H3,(H,23,24). The van der Waals surface area contributed by atoms with Crippen molar-refractivity contribution in [3.05, 3.63) is 58.3 Å². The fourth-order valence-electron chi connectivity index (χ4n) is 1.92. The van der Waals surface area contributed by atoms with E-state index in [4.69, 9.17) is 4.74 Å². The number of rotatable bonds is 5. The van der Waals surface area contributed by atoms with Crippen molar-refractivity contribution in [3.63, 3.8) is 0 Å². The van der Waals surface area contributed by atoms with Gasteiger partial charge >= 0.3 is 12.3 Å². The van der Waals surface area contributed by atoms with Gasteiger partial charge in [-0.15, -0.1) is 13.2 Å². The third kappa shape index (κ3) is 6.24. The summed E-state index contributed by atoms with van der Waals surface area (Å²) in [4.78, 5) is 24.0. The Morgan fingerprint density at radius 3 is 2.33 bits per heavy atom. The van der Waals surface area contributed by atoms with Gasteiger partial charge in [-0.25, -0.2) is 9.18 Å². The lowest BCUT2D eigenvalue weighted by Gasteiger charge is -2.14. The number of esters is 1. The van der Waals surface area contributed by atoms with Crippen LogP contribution in [0.15, 0.2) is 46.9 Å². The highest BCUT2D eigenvalue weighted by molar-refractivity contribution is 9.10. The largest absolute Gasteiger partial charge is 0.573 e. The quantitative estimate of drug-likeness (QED) is 0.532. The number of halogens is 5. The Bertz CT molecular complexity index is 840. The molecule has 0 aromatic heterocycles. The summed E-state index contributed by atoms with van der Waals surface area (Å²) in [6.45, 7) is 1.27. The number of nitrogens with one attached hydrogen (secondary N) is 1. The third-order valence-corrected chi connectivity index (χ3v) is 3.65. The summed E-state index contributed by atoms with van der Waals surface area (Å²) < 4.78 is 59.0. The fourth-order valence-corrected chi connectivity index (χ4v) is 2.28. The van der Waals surface area contributed by atoms with Crippen molar-refractivity contribution in [2.75, 3.05) is 5.32 Å². The number of anilines is 1. The van der Waals surface area contributed by atoms with E-state index in [9.17, 15) is 27.2 Å². The molecule has 0 saturated carbocycles. The minimum Gasteiger partial charge on any atom is -0.449 e. The molecular weight excluding hydrogens is 438 g/mol. The zero-order chi connectivity index (χ0) is 20.2. The molecule has 2 rings (SSSR count). The number of alkyl halides is 3. The molecule has 1 unspecified atom stereocenters. The monoisotopic (exact) mass is 449 g/mol. The summed E-state index contributed by atoms with van der Waals surface area (Å²) in [7, 11) is 0. The highest BCUT2D eigenvalue weighted by atomic mass is 79.9. The van der Waals surface area contributed by atoms with Crippen LogP contribution in [0.2, 0.25) is 0 Å². The van der Waals surface area contributed by atoms with Crippen molar-refractivity contribution in [3.8, 4) is 5.75 Å². The zero-order valence-electron chi connectivity index (χ0n) is 13.6. The Hall–Kier alpha value is -2.62. The third-order valence-electron chi connectivity index (χ3n) is 3.16. The number of ether oxygens (including phenoxy) is 2. The summed E-state index contributed by atoms with van der Waals surface area (Å²) in [5.74, 6) is -3.05. The van der Waals surface area contributed by atoms with Crippen LogP contribution in [0.3, 0.4) is 0 Å². The van der Waals surface area contributed by atoms with E-state index >= 15 is 0 Å². The van der Waals surface area contributed by atoms with Gasteiger partial charge in [0.2, 0.25) is 0 Å². The van der Waals surface area contributed by atoms with Gasteiger partial charge in [0.15, 0.2) is 6.10 Å². The Morgan fingerprint density at radius 2 is 1.74 bits per heavy atom. The molecule has 0 aliphatic rings. The smallest absolute Gasteiger partial charge is 0.449 e. The number of amides is 1. The summed E-state index contributed by atoms with van der Waals surface area (Å²) in [6.07, 6.45) is -6.10. The van der Waals surface area contributed by atoms with Gasteiger partial charge in [0, 0.05) is 10.2 Å². The topological polar surface area (TPSA) is 64.6 Å². The summed E-state index contributed by atoms with van der Waals surface area (Å²) in [5, 5.41) is 2.36. The number of hydrogen-bond donors (Lipinski definition) is 1. The van der Waals surface area contributed by atoms with Gasteiger partial charge in [0.25, 0.3) is 5.91 Å². The predicted octanol–water partition coefficient (Wildman–Crippen LogP) is 4.67.